The van der Waals surface area contributed by atoms with E-state index in [9.17, 15) is 9.59 Å². The van der Waals surface area contributed by atoms with Gasteiger partial charge in [0.05, 0.1) is 35.8 Å². The number of carbonyl (C=O) groups excluding carboxylic acids is 2. The first-order valence-electron chi connectivity index (χ1n) is 13.6. The Bertz CT molecular complexity index is 1170. The first-order valence-corrected chi connectivity index (χ1v) is 14.4. The third-order valence-corrected chi connectivity index (χ3v) is 9.02. The van der Waals surface area contributed by atoms with Crippen LogP contribution in [0.2, 0.25) is 10.0 Å². The molecule has 5 rings (SSSR count). The van der Waals surface area contributed by atoms with Gasteiger partial charge >= 0.3 is 0 Å². The minimum Gasteiger partial charge on any atom is -0.380 e. The zero-order chi connectivity index (χ0) is 27.5. The van der Waals surface area contributed by atoms with Gasteiger partial charge in [-0.1, -0.05) is 29.3 Å². The number of ether oxygens (including phenoxy) is 2. The van der Waals surface area contributed by atoms with Gasteiger partial charge in [0, 0.05) is 69.1 Å². The average Bonchev–Trinajstić information content (AvgIpc) is 2.98. The summed E-state index contributed by atoms with van der Waals surface area (Å²) in [5.41, 5.74) is 8.91. The second kappa shape index (κ2) is 12.4. The fraction of sp³-hybridized carbons (Fsp3) is 0.517. The van der Waals surface area contributed by atoms with E-state index in [1.54, 1.807) is 6.07 Å². The van der Waals surface area contributed by atoms with Crippen LogP contribution in [-0.2, 0) is 14.3 Å². The lowest BCUT2D eigenvalue weighted by Gasteiger charge is -2.44. The molecule has 2 aromatic rings. The molecule has 210 valence electrons. The Morgan fingerprint density at radius 3 is 2.38 bits per heavy atom. The van der Waals surface area contributed by atoms with E-state index in [1.165, 1.54) is 0 Å². The molecular formula is C29H36Cl2N4O4. The number of rotatable bonds is 5. The van der Waals surface area contributed by atoms with Crippen molar-refractivity contribution in [1.29, 1.82) is 0 Å². The summed E-state index contributed by atoms with van der Waals surface area (Å²) < 4.78 is 10.9. The predicted molar refractivity (Wildman–Crippen MR) is 153 cm³/mol. The number of nitrogens with zero attached hydrogens (tertiary/aromatic N) is 3. The molecule has 2 N–H and O–H groups in total. The van der Waals surface area contributed by atoms with Crippen LogP contribution in [-0.4, -0.2) is 93.4 Å². The molecule has 2 amide bonds. The smallest absolute Gasteiger partial charge is 0.253 e. The number of likely N-dealkylation sites (N-methyl/N-ethyl adjacent to an activating group) is 1. The fourth-order valence-corrected chi connectivity index (χ4v) is 6.27. The minimum absolute atomic E-state index is 0.0511. The SMILES string of the molecule is CN(C(=O)c1ccc(N2CCOCC2)cc1)C1CCN(C(=O)[C@@H]2CCOC[C@H]2N)C[C@H]1c1ccc(Cl)c(Cl)c1. The van der Waals surface area contributed by atoms with E-state index in [4.69, 9.17) is 38.4 Å². The van der Waals surface area contributed by atoms with Gasteiger partial charge in [0.15, 0.2) is 0 Å². The van der Waals surface area contributed by atoms with Crippen LogP contribution in [0.4, 0.5) is 5.69 Å². The number of nitrogens with two attached hydrogens (primary N) is 1. The third kappa shape index (κ3) is 6.20. The molecule has 0 spiro atoms. The summed E-state index contributed by atoms with van der Waals surface area (Å²) in [5, 5.41) is 0.925. The van der Waals surface area contributed by atoms with E-state index >= 15 is 0 Å². The zero-order valence-corrected chi connectivity index (χ0v) is 23.7. The van der Waals surface area contributed by atoms with Crippen LogP contribution in [0.1, 0.15) is 34.7 Å². The molecule has 0 bridgehead atoms. The highest BCUT2D eigenvalue weighted by Crippen LogP contribution is 2.35. The number of carbonyl (C=O) groups is 2. The largest absolute Gasteiger partial charge is 0.380 e. The van der Waals surface area contributed by atoms with Gasteiger partial charge in [-0.25, -0.2) is 0 Å². The molecule has 0 saturated carbocycles. The van der Waals surface area contributed by atoms with Crippen LogP contribution < -0.4 is 10.6 Å². The normalized spacial score (nSPS) is 25.8. The van der Waals surface area contributed by atoms with E-state index in [2.05, 4.69) is 4.90 Å². The number of hydrogen-bond acceptors (Lipinski definition) is 6. The highest BCUT2D eigenvalue weighted by molar-refractivity contribution is 6.42. The van der Waals surface area contributed by atoms with E-state index in [1.807, 2.05) is 53.2 Å². The molecule has 1 unspecified atom stereocenters. The van der Waals surface area contributed by atoms with Crippen molar-refractivity contribution in [3.63, 3.8) is 0 Å². The van der Waals surface area contributed by atoms with E-state index in [0.717, 1.165) is 24.3 Å². The van der Waals surface area contributed by atoms with Crippen molar-refractivity contribution in [2.45, 2.75) is 30.8 Å². The molecule has 8 nitrogen and oxygen atoms in total. The Kier molecular flexibility index (Phi) is 8.99. The Hall–Kier alpha value is -2.36. The summed E-state index contributed by atoms with van der Waals surface area (Å²) in [6, 6.07) is 12.9. The molecule has 2 aromatic carbocycles. The second-order valence-corrected chi connectivity index (χ2v) is 11.4. The monoisotopic (exact) mass is 574 g/mol. The molecular weight excluding hydrogens is 539 g/mol. The number of likely N-dealkylation sites (tertiary alicyclic amines) is 1. The average molecular weight is 576 g/mol. The Morgan fingerprint density at radius 2 is 1.69 bits per heavy atom. The van der Waals surface area contributed by atoms with Crippen LogP contribution in [0.15, 0.2) is 42.5 Å². The van der Waals surface area contributed by atoms with E-state index < -0.39 is 0 Å². The van der Waals surface area contributed by atoms with Crippen molar-refractivity contribution < 1.29 is 19.1 Å². The summed E-state index contributed by atoms with van der Waals surface area (Å²) in [4.78, 5) is 33.2. The van der Waals surface area contributed by atoms with Crippen LogP contribution in [0.5, 0.6) is 0 Å². The molecule has 4 atom stereocenters. The van der Waals surface area contributed by atoms with Gasteiger partial charge in [-0.3, -0.25) is 9.59 Å². The van der Waals surface area contributed by atoms with Crippen molar-refractivity contribution in [2.24, 2.45) is 11.7 Å². The van der Waals surface area contributed by atoms with Gasteiger partial charge in [0.2, 0.25) is 5.91 Å². The molecule has 3 fully saturated rings. The van der Waals surface area contributed by atoms with Gasteiger partial charge in [-0.15, -0.1) is 0 Å². The highest BCUT2D eigenvalue weighted by Gasteiger charge is 2.40. The van der Waals surface area contributed by atoms with Crippen LogP contribution in [0.25, 0.3) is 0 Å². The van der Waals surface area contributed by atoms with E-state index in [0.29, 0.717) is 68.0 Å². The second-order valence-electron chi connectivity index (χ2n) is 10.6. The molecule has 3 aliphatic heterocycles. The Morgan fingerprint density at radius 1 is 0.949 bits per heavy atom. The van der Waals surface area contributed by atoms with E-state index in [-0.39, 0.29) is 35.7 Å². The van der Waals surface area contributed by atoms with Gasteiger partial charge < -0.3 is 29.9 Å². The van der Waals surface area contributed by atoms with Gasteiger partial charge in [-0.2, -0.15) is 0 Å². The molecule has 0 aromatic heterocycles. The molecule has 10 heteroatoms. The number of hydrogen-bond donors (Lipinski definition) is 1. The lowest BCUT2D eigenvalue weighted by atomic mass is 9.83. The quantitative estimate of drug-likeness (QED) is 0.586. The van der Waals surface area contributed by atoms with Crippen molar-refractivity contribution in [1.82, 2.24) is 9.80 Å². The summed E-state index contributed by atoms with van der Waals surface area (Å²) >= 11 is 12.6. The summed E-state index contributed by atoms with van der Waals surface area (Å²) in [6.45, 7) is 5.06. The Balaban J connectivity index is 1.36. The topological polar surface area (TPSA) is 88.3 Å². The van der Waals surface area contributed by atoms with Crippen molar-refractivity contribution in [3.8, 4) is 0 Å². The maximum atomic E-state index is 13.7. The maximum Gasteiger partial charge on any atom is 0.253 e. The van der Waals surface area contributed by atoms with Crippen molar-refractivity contribution in [2.75, 3.05) is 64.6 Å². The van der Waals surface area contributed by atoms with Crippen molar-refractivity contribution in [3.05, 3.63) is 63.6 Å². The zero-order valence-electron chi connectivity index (χ0n) is 22.2. The number of benzene rings is 2. The fourth-order valence-electron chi connectivity index (χ4n) is 5.97. The molecule has 3 heterocycles. The molecule has 0 aliphatic carbocycles. The van der Waals surface area contributed by atoms with Crippen LogP contribution in [0.3, 0.4) is 0 Å². The molecule has 3 aliphatic rings. The van der Waals surface area contributed by atoms with Crippen molar-refractivity contribution >= 4 is 40.7 Å². The number of halogens is 2. The summed E-state index contributed by atoms with van der Waals surface area (Å²) in [5.74, 6) is -0.379. The summed E-state index contributed by atoms with van der Waals surface area (Å²) in [7, 11) is 1.85. The number of anilines is 1. The van der Waals surface area contributed by atoms with Crippen LogP contribution >= 0.6 is 23.2 Å². The van der Waals surface area contributed by atoms with Gasteiger partial charge in [0.25, 0.3) is 5.91 Å². The molecule has 0 radical (unpaired) electrons. The molecule has 39 heavy (non-hydrogen) atoms. The summed E-state index contributed by atoms with van der Waals surface area (Å²) in [6.07, 6.45) is 1.26. The first-order chi connectivity index (χ1) is 18.8. The van der Waals surface area contributed by atoms with Crippen LogP contribution in [0, 0.1) is 5.92 Å². The number of morpholine rings is 1. The third-order valence-electron chi connectivity index (χ3n) is 8.29. The Labute approximate surface area is 239 Å². The lowest BCUT2D eigenvalue weighted by molar-refractivity contribution is -0.141. The van der Waals surface area contributed by atoms with Gasteiger partial charge in [0.1, 0.15) is 0 Å². The highest BCUT2D eigenvalue weighted by atomic mass is 35.5. The first kappa shape index (κ1) is 28.2. The standard InChI is InChI=1S/C29H36Cl2N4O4/c1-33(28(36)19-2-5-21(6-3-19)34-11-14-38-15-12-34)27-8-10-35(29(37)22-9-13-39-18-26(22)32)17-23(27)20-4-7-24(30)25(31)16-20/h2-7,16,22-23,26-27H,8-15,17-18,32H2,1H3/t22-,23+,26-,27?/m1/s1. The van der Waals surface area contributed by atoms with Gasteiger partial charge in [-0.05, 0) is 54.8 Å². The number of piperidine rings is 1. The predicted octanol–water partition coefficient (Wildman–Crippen LogP) is 3.65. The lowest BCUT2D eigenvalue weighted by Crippen LogP contribution is -2.55. The maximum absolute atomic E-state index is 13.7. The number of amides is 2. The molecule has 3 saturated heterocycles. The minimum atomic E-state index is -0.308.